The predicted molar refractivity (Wildman–Crippen MR) is 68.0 cm³/mol. The summed E-state index contributed by atoms with van der Waals surface area (Å²) in [7, 11) is 0. The first-order valence-electron chi connectivity index (χ1n) is 5.86. The highest BCUT2D eigenvalue weighted by Crippen LogP contribution is 2.33. The Labute approximate surface area is 96.4 Å². The van der Waals surface area contributed by atoms with Crippen molar-refractivity contribution in [2.45, 2.75) is 32.7 Å². The summed E-state index contributed by atoms with van der Waals surface area (Å²) in [5.74, 6) is 2.70. The van der Waals surface area contributed by atoms with Crippen LogP contribution in [0.3, 0.4) is 0 Å². The molecule has 2 rings (SSSR count). The third-order valence-electron chi connectivity index (χ3n) is 3.76. The Balaban J connectivity index is 2.07. The van der Waals surface area contributed by atoms with Crippen LogP contribution in [0.1, 0.15) is 26.7 Å². The van der Waals surface area contributed by atoms with E-state index in [-0.39, 0.29) is 0 Å². The molecule has 88 valence electrons. The number of nitrogens with two attached hydrogens (primary N) is 2. The molecule has 3 unspecified atom stereocenters. The molecule has 5 N–H and O–H groups in total. The van der Waals surface area contributed by atoms with Crippen LogP contribution in [-0.2, 0) is 0 Å². The van der Waals surface area contributed by atoms with Crippen molar-refractivity contribution in [3.63, 3.8) is 0 Å². The van der Waals surface area contributed by atoms with E-state index in [2.05, 4.69) is 24.1 Å². The first kappa shape index (κ1) is 11.0. The number of rotatable bonds is 2. The zero-order chi connectivity index (χ0) is 11.7. The molecule has 1 saturated carbocycles. The van der Waals surface area contributed by atoms with E-state index in [1.165, 1.54) is 12.8 Å². The van der Waals surface area contributed by atoms with Crippen LogP contribution in [-0.4, -0.2) is 11.0 Å². The van der Waals surface area contributed by atoms with Crippen LogP contribution in [0.15, 0.2) is 12.1 Å². The molecule has 0 saturated heterocycles. The van der Waals surface area contributed by atoms with Gasteiger partial charge in [-0.3, -0.25) is 0 Å². The summed E-state index contributed by atoms with van der Waals surface area (Å²) in [4.78, 5) is 4.24. The number of hydrogen-bond donors (Lipinski definition) is 3. The summed E-state index contributed by atoms with van der Waals surface area (Å²) in [5.41, 5.74) is 11.9. The molecule has 1 fully saturated rings. The summed E-state index contributed by atoms with van der Waals surface area (Å²) in [6, 6.07) is 4.19. The van der Waals surface area contributed by atoms with Crippen molar-refractivity contribution < 1.29 is 0 Å². The highest BCUT2D eigenvalue weighted by Gasteiger charge is 2.29. The number of nitrogens with zero attached hydrogens (tertiary/aromatic N) is 1. The molecule has 1 aliphatic carbocycles. The maximum atomic E-state index is 5.68. The Hall–Kier alpha value is -1.45. The van der Waals surface area contributed by atoms with E-state index in [1.807, 2.05) is 6.07 Å². The van der Waals surface area contributed by atoms with Gasteiger partial charge in [-0.2, -0.15) is 0 Å². The summed E-state index contributed by atoms with van der Waals surface area (Å²) in [6.45, 7) is 4.59. The fourth-order valence-electron chi connectivity index (χ4n) is 2.32. The van der Waals surface area contributed by atoms with Crippen molar-refractivity contribution in [2.75, 3.05) is 16.8 Å². The van der Waals surface area contributed by atoms with Gasteiger partial charge in [0.05, 0.1) is 5.69 Å². The average Bonchev–Trinajstić information content (AvgIpc) is 2.55. The number of hydrogen-bond acceptors (Lipinski definition) is 4. The SMILES string of the molecule is CC1CCC(Nc2ccc(N)c(N)n2)C1C. The van der Waals surface area contributed by atoms with Gasteiger partial charge in [-0.25, -0.2) is 4.98 Å². The summed E-state index contributed by atoms with van der Waals surface area (Å²) >= 11 is 0. The standard InChI is InChI=1S/C12H20N4/c1-7-3-5-10(8(7)2)15-11-6-4-9(13)12(14)16-11/h4,6-8,10H,3,5,13H2,1-2H3,(H3,14,15,16). The monoisotopic (exact) mass is 220 g/mol. The third kappa shape index (κ3) is 2.05. The normalized spacial score (nSPS) is 29.2. The van der Waals surface area contributed by atoms with Crippen LogP contribution >= 0.6 is 0 Å². The van der Waals surface area contributed by atoms with Gasteiger partial charge in [-0.05, 0) is 36.8 Å². The Bertz CT molecular complexity index is 377. The lowest BCUT2D eigenvalue weighted by Gasteiger charge is -2.20. The number of nitrogen functional groups attached to an aromatic ring is 2. The molecule has 0 bridgehead atoms. The van der Waals surface area contributed by atoms with E-state index in [9.17, 15) is 0 Å². The third-order valence-corrected chi connectivity index (χ3v) is 3.76. The van der Waals surface area contributed by atoms with Gasteiger partial charge in [-0.15, -0.1) is 0 Å². The van der Waals surface area contributed by atoms with Crippen molar-refractivity contribution >= 4 is 17.3 Å². The first-order valence-corrected chi connectivity index (χ1v) is 5.86. The molecule has 16 heavy (non-hydrogen) atoms. The zero-order valence-corrected chi connectivity index (χ0v) is 9.90. The molecule has 3 atom stereocenters. The van der Waals surface area contributed by atoms with Crippen molar-refractivity contribution in [2.24, 2.45) is 11.8 Å². The molecular weight excluding hydrogens is 200 g/mol. The highest BCUT2D eigenvalue weighted by atomic mass is 15.1. The maximum Gasteiger partial charge on any atom is 0.149 e. The Kier molecular flexibility index (Phi) is 2.90. The lowest BCUT2D eigenvalue weighted by molar-refractivity contribution is 0.435. The molecular formula is C12H20N4. The van der Waals surface area contributed by atoms with Gasteiger partial charge >= 0.3 is 0 Å². The maximum absolute atomic E-state index is 5.68. The largest absolute Gasteiger partial charge is 0.396 e. The minimum absolute atomic E-state index is 0.406. The molecule has 0 spiro atoms. The molecule has 0 aliphatic heterocycles. The molecule has 1 aliphatic rings. The Morgan fingerprint density at radius 1 is 1.25 bits per heavy atom. The van der Waals surface area contributed by atoms with E-state index in [0.717, 1.165) is 11.7 Å². The van der Waals surface area contributed by atoms with Crippen LogP contribution in [0.2, 0.25) is 0 Å². The summed E-state index contributed by atoms with van der Waals surface area (Å²) < 4.78 is 0. The van der Waals surface area contributed by atoms with Crippen molar-refractivity contribution in [1.29, 1.82) is 0 Å². The second-order valence-corrected chi connectivity index (χ2v) is 4.84. The Morgan fingerprint density at radius 3 is 2.56 bits per heavy atom. The fourth-order valence-corrected chi connectivity index (χ4v) is 2.32. The lowest BCUT2D eigenvalue weighted by atomic mass is 9.98. The second-order valence-electron chi connectivity index (χ2n) is 4.84. The van der Waals surface area contributed by atoms with E-state index < -0.39 is 0 Å². The minimum atomic E-state index is 0.406. The van der Waals surface area contributed by atoms with Gasteiger partial charge in [0.2, 0.25) is 0 Å². The van der Waals surface area contributed by atoms with Crippen LogP contribution in [0.25, 0.3) is 0 Å². The summed E-state index contributed by atoms with van der Waals surface area (Å²) in [5, 5.41) is 3.44. The van der Waals surface area contributed by atoms with E-state index in [0.29, 0.717) is 23.5 Å². The topological polar surface area (TPSA) is 77.0 Å². The number of anilines is 3. The molecule has 4 nitrogen and oxygen atoms in total. The molecule has 1 aromatic rings. The van der Waals surface area contributed by atoms with E-state index in [1.54, 1.807) is 6.07 Å². The molecule has 0 radical (unpaired) electrons. The van der Waals surface area contributed by atoms with Gasteiger partial charge in [0.25, 0.3) is 0 Å². The van der Waals surface area contributed by atoms with Crippen LogP contribution in [0, 0.1) is 11.8 Å². The average molecular weight is 220 g/mol. The number of nitrogens with one attached hydrogen (secondary N) is 1. The van der Waals surface area contributed by atoms with Gasteiger partial charge in [0, 0.05) is 6.04 Å². The fraction of sp³-hybridized carbons (Fsp3) is 0.583. The Morgan fingerprint density at radius 2 is 2.00 bits per heavy atom. The van der Waals surface area contributed by atoms with E-state index in [4.69, 9.17) is 11.5 Å². The number of aromatic nitrogens is 1. The van der Waals surface area contributed by atoms with Gasteiger partial charge in [0.1, 0.15) is 11.6 Å². The van der Waals surface area contributed by atoms with Crippen LogP contribution < -0.4 is 16.8 Å². The molecule has 0 amide bonds. The minimum Gasteiger partial charge on any atom is -0.396 e. The van der Waals surface area contributed by atoms with Gasteiger partial charge < -0.3 is 16.8 Å². The van der Waals surface area contributed by atoms with Gasteiger partial charge in [0.15, 0.2) is 0 Å². The lowest BCUT2D eigenvalue weighted by Crippen LogP contribution is -2.24. The predicted octanol–water partition coefficient (Wildman–Crippen LogP) is 2.09. The quantitative estimate of drug-likeness (QED) is 0.713. The first-order chi connectivity index (χ1) is 7.58. The van der Waals surface area contributed by atoms with Crippen LogP contribution in [0.4, 0.5) is 17.3 Å². The van der Waals surface area contributed by atoms with Gasteiger partial charge in [-0.1, -0.05) is 13.8 Å². The number of pyridine rings is 1. The molecule has 1 aromatic heterocycles. The molecule has 0 aromatic carbocycles. The summed E-state index contributed by atoms with van der Waals surface area (Å²) in [6.07, 6.45) is 2.48. The smallest absolute Gasteiger partial charge is 0.149 e. The second kappa shape index (κ2) is 4.20. The van der Waals surface area contributed by atoms with Crippen molar-refractivity contribution in [3.05, 3.63) is 12.1 Å². The van der Waals surface area contributed by atoms with Crippen LogP contribution in [0.5, 0.6) is 0 Å². The highest BCUT2D eigenvalue weighted by molar-refractivity contribution is 5.61. The molecule has 1 heterocycles. The van der Waals surface area contributed by atoms with Crippen molar-refractivity contribution in [3.8, 4) is 0 Å². The van der Waals surface area contributed by atoms with Crippen molar-refractivity contribution in [1.82, 2.24) is 4.98 Å². The zero-order valence-electron chi connectivity index (χ0n) is 9.90. The van der Waals surface area contributed by atoms with E-state index >= 15 is 0 Å². The molecule has 4 heteroatoms.